The Morgan fingerprint density at radius 2 is 1.33 bits per heavy atom. The highest BCUT2D eigenvalue weighted by molar-refractivity contribution is 5.77. The van der Waals surface area contributed by atoms with Gasteiger partial charge in [-0.3, -0.25) is 0 Å². The lowest BCUT2D eigenvalue weighted by Crippen LogP contribution is -2.26. The summed E-state index contributed by atoms with van der Waals surface area (Å²) in [6, 6.07) is 23.3. The third-order valence-corrected chi connectivity index (χ3v) is 8.70. The zero-order valence-corrected chi connectivity index (χ0v) is 20.9. The highest BCUT2D eigenvalue weighted by atomic mass is 14.4. The molecule has 0 amide bonds. The summed E-state index contributed by atoms with van der Waals surface area (Å²) in [4.78, 5) is 0. The molecule has 5 rings (SSSR count). The van der Waals surface area contributed by atoms with Crippen LogP contribution in [0.15, 0.2) is 67.2 Å². The van der Waals surface area contributed by atoms with Crippen molar-refractivity contribution in [1.29, 1.82) is 0 Å². The van der Waals surface area contributed by atoms with E-state index in [9.17, 15) is 0 Å². The average molecular weight is 435 g/mol. The van der Waals surface area contributed by atoms with E-state index in [2.05, 4.69) is 94.9 Å². The lowest BCUT2D eigenvalue weighted by atomic mass is 9.66. The molecule has 0 nitrogen and oxygen atoms in total. The summed E-state index contributed by atoms with van der Waals surface area (Å²) in [6.07, 6.45) is 7.29. The zero-order chi connectivity index (χ0) is 23.2. The first-order valence-electron chi connectivity index (χ1n) is 13.0. The molecule has 33 heavy (non-hydrogen) atoms. The van der Waals surface area contributed by atoms with Gasteiger partial charge in [0.05, 0.1) is 0 Å². The summed E-state index contributed by atoms with van der Waals surface area (Å²) in [5, 5.41) is 0. The highest BCUT2D eigenvalue weighted by Gasteiger charge is 2.33. The predicted octanol–water partition coefficient (Wildman–Crippen LogP) is 9.47. The number of rotatable bonds is 4. The lowest BCUT2D eigenvalue weighted by molar-refractivity contribution is 0.261. The topological polar surface area (TPSA) is 0 Å². The van der Waals surface area contributed by atoms with Crippen LogP contribution in [0.4, 0.5) is 0 Å². The summed E-state index contributed by atoms with van der Waals surface area (Å²) >= 11 is 0. The van der Waals surface area contributed by atoms with E-state index in [1.54, 1.807) is 11.1 Å². The van der Waals surface area contributed by atoms with Gasteiger partial charge in [0.25, 0.3) is 0 Å². The van der Waals surface area contributed by atoms with Crippen LogP contribution in [0.3, 0.4) is 0 Å². The summed E-state index contributed by atoms with van der Waals surface area (Å²) in [5.74, 6) is 1.46. The number of benzene rings is 3. The van der Waals surface area contributed by atoms with E-state index in [0.717, 1.165) is 12.3 Å². The molecule has 0 spiro atoms. The predicted molar refractivity (Wildman–Crippen MR) is 144 cm³/mol. The minimum atomic E-state index is 0.400. The van der Waals surface area contributed by atoms with Gasteiger partial charge < -0.3 is 0 Å². The molecule has 0 fully saturated rings. The van der Waals surface area contributed by atoms with Gasteiger partial charge >= 0.3 is 0 Å². The summed E-state index contributed by atoms with van der Waals surface area (Å²) in [6.45, 7) is 13.9. The number of hydrogen-bond acceptors (Lipinski definition) is 0. The van der Waals surface area contributed by atoms with Crippen LogP contribution in [0, 0.1) is 11.3 Å². The summed E-state index contributed by atoms with van der Waals surface area (Å²) in [7, 11) is 0. The molecule has 0 heterocycles. The summed E-state index contributed by atoms with van der Waals surface area (Å²) < 4.78 is 0. The van der Waals surface area contributed by atoms with Gasteiger partial charge in [0.2, 0.25) is 0 Å². The van der Waals surface area contributed by atoms with Gasteiger partial charge in [-0.15, -0.1) is 0 Å². The standard InChI is InChI=1S/C33H38/c1-6-33(7-2)20-24(5)32-19-28(13-15-30(32)21-33)26-10-8-25(9-11-26)27-12-14-29-17-22(3)16-23(4)31(29)18-27/h8-15,18-19,22-23H,5-7,16-17,20-21H2,1-4H3. The number of hydrogen-bond donors (Lipinski definition) is 0. The van der Waals surface area contributed by atoms with Gasteiger partial charge in [0.15, 0.2) is 0 Å². The number of allylic oxidation sites excluding steroid dienone is 1. The molecule has 2 aliphatic carbocycles. The van der Waals surface area contributed by atoms with E-state index >= 15 is 0 Å². The molecule has 0 heteroatoms. The minimum absolute atomic E-state index is 0.400. The maximum Gasteiger partial charge on any atom is -0.0178 e. The molecule has 0 saturated heterocycles. The van der Waals surface area contributed by atoms with Crippen LogP contribution in [0.1, 0.15) is 81.5 Å². The van der Waals surface area contributed by atoms with Gasteiger partial charge in [0, 0.05) is 0 Å². The van der Waals surface area contributed by atoms with Crippen LogP contribution >= 0.6 is 0 Å². The van der Waals surface area contributed by atoms with Crippen LogP contribution in [0.5, 0.6) is 0 Å². The van der Waals surface area contributed by atoms with Crippen LogP contribution < -0.4 is 0 Å². The van der Waals surface area contributed by atoms with Crippen LogP contribution in [0.25, 0.3) is 27.8 Å². The molecular formula is C33H38. The van der Waals surface area contributed by atoms with Crippen molar-refractivity contribution in [2.45, 2.75) is 72.1 Å². The molecule has 3 aromatic carbocycles. The van der Waals surface area contributed by atoms with Gasteiger partial charge in [-0.25, -0.2) is 0 Å². The third kappa shape index (κ3) is 4.10. The van der Waals surface area contributed by atoms with Gasteiger partial charge in [-0.1, -0.05) is 88.9 Å². The first-order chi connectivity index (χ1) is 15.9. The Bertz CT molecular complexity index is 1170. The van der Waals surface area contributed by atoms with Crippen molar-refractivity contribution in [1.82, 2.24) is 0 Å². The number of fused-ring (bicyclic) bond motifs is 2. The van der Waals surface area contributed by atoms with Crippen LogP contribution in [-0.4, -0.2) is 0 Å². The molecular weight excluding hydrogens is 396 g/mol. The Balaban J connectivity index is 1.42. The Labute approximate surface area is 200 Å². The monoisotopic (exact) mass is 434 g/mol. The first kappa shape index (κ1) is 22.2. The minimum Gasteiger partial charge on any atom is -0.0952 e. The van der Waals surface area contributed by atoms with Crippen molar-refractivity contribution in [2.75, 3.05) is 0 Å². The summed E-state index contributed by atoms with van der Waals surface area (Å²) in [5.41, 5.74) is 12.9. The lowest BCUT2D eigenvalue weighted by Gasteiger charge is -2.38. The molecule has 0 radical (unpaired) electrons. The van der Waals surface area contributed by atoms with Crippen molar-refractivity contribution in [2.24, 2.45) is 11.3 Å². The highest BCUT2D eigenvalue weighted by Crippen LogP contribution is 2.46. The van der Waals surface area contributed by atoms with Gasteiger partial charge in [-0.2, -0.15) is 0 Å². The fourth-order valence-corrected chi connectivity index (χ4v) is 6.47. The molecule has 0 aliphatic heterocycles. The van der Waals surface area contributed by atoms with Crippen molar-refractivity contribution in [3.05, 3.63) is 89.5 Å². The molecule has 0 bridgehead atoms. The quantitative estimate of drug-likeness (QED) is 0.383. The van der Waals surface area contributed by atoms with E-state index in [4.69, 9.17) is 0 Å². The SMILES string of the molecule is C=C1CC(CC)(CC)Cc2ccc(-c3ccc(-c4ccc5c(c4)C(C)CC(C)C5)cc3)cc21. The van der Waals surface area contributed by atoms with Crippen molar-refractivity contribution >= 4 is 5.57 Å². The fourth-order valence-electron chi connectivity index (χ4n) is 6.47. The molecule has 3 aromatic rings. The molecule has 170 valence electrons. The second-order valence-corrected chi connectivity index (χ2v) is 11.0. The average Bonchev–Trinajstić information content (AvgIpc) is 2.83. The third-order valence-electron chi connectivity index (χ3n) is 8.70. The molecule has 2 unspecified atom stereocenters. The largest absolute Gasteiger partial charge is 0.0952 e. The van der Waals surface area contributed by atoms with Crippen LogP contribution in [0.2, 0.25) is 0 Å². The van der Waals surface area contributed by atoms with E-state index in [0.29, 0.717) is 11.3 Å². The fraction of sp³-hybridized carbons (Fsp3) is 0.394. The van der Waals surface area contributed by atoms with Crippen LogP contribution in [-0.2, 0) is 12.8 Å². The smallest absolute Gasteiger partial charge is 0.0178 e. The second kappa shape index (κ2) is 8.64. The molecule has 0 N–H and O–H groups in total. The molecule has 2 aliphatic rings. The molecule has 0 saturated carbocycles. The Hall–Kier alpha value is -2.60. The first-order valence-corrected chi connectivity index (χ1v) is 13.0. The van der Waals surface area contributed by atoms with E-state index < -0.39 is 0 Å². The van der Waals surface area contributed by atoms with E-state index in [1.165, 1.54) is 71.1 Å². The van der Waals surface area contributed by atoms with Gasteiger partial charge in [0.1, 0.15) is 0 Å². The maximum atomic E-state index is 4.48. The maximum absolute atomic E-state index is 4.48. The van der Waals surface area contributed by atoms with Gasteiger partial charge in [-0.05, 0) is 112 Å². The van der Waals surface area contributed by atoms with Crippen molar-refractivity contribution in [3.8, 4) is 22.3 Å². The molecule has 2 atom stereocenters. The Morgan fingerprint density at radius 1 is 0.758 bits per heavy atom. The second-order valence-electron chi connectivity index (χ2n) is 11.0. The van der Waals surface area contributed by atoms with E-state index in [1.807, 2.05) is 0 Å². The normalized spacial score (nSPS) is 21.4. The van der Waals surface area contributed by atoms with E-state index in [-0.39, 0.29) is 0 Å². The Kier molecular flexibility index (Phi) is 5.81. The molecule has 0 aromatic heterocycles. The van der Waals surface area contributed by atoms with Crippen molar-refractivity contribution in [3.63, 3.8) is 0 Å². The zero-order valence-electron chi connectivity index (χ0n) is 20.9. The Morgan fingerprint density at radius 3 is 1.97 bits per heavy atom. The van der Waals surface area contributed by atoms with Crippen molar-refractivity contribution < 1.29 is 0 Å².